The van der Waals surface area contributed by atoms with Crippen LogP contribution in [0.2, 0.25) is 0 Å². The Kier molecular flexibility index (Phi) is 3.39. The highest BCUT2D eigenvalue weighted by molar-refractivity contribution is 5.83. The van der Waals surface area contributed by atoms with Crippen molar-refractivity contribution >= 4 is 5.97 Å². The van der Waals surface area contributed by atoms with E-state index in [2.05, 4.69) is 13.0 Å². The largest absolute Gasteiger partial charge is 0.455 e. The van der Waals surface area contributed by atoms with Gasteiger partial charge in [-0.15, -0.1) is 0 Å². The van der Waals surface area contributed by atoms with Crippen LogP contribution in [-0.4, -0.2) is 36.0 Å². The van der Waals surface area contributed by atoms with Crippen molar-refractivity contribution < 1.29 is 19.4 Å². The third-order valence-corrected chi connectivity index (χ3v) is 5.99. The van der Waals surface area contributed by atoms with Crippen LogP contribution in [0.15, 0.2) is 11.6 Å². The topological polar surface area (TPSA) is 79.6 Å². The van der Waals surface area contributed by atoms with Gasteiger partial charge < -0.3 is 14.6 Å². The van der Waals surface area contributed by atoms with Gasteiger partial charge in [0.05, 0.1) is 17.6 Å². The van der Waals surface area contributed by atoms with Crippen molar-refractivity contribution in [2.75, 3.05) is 7.11 Å². The molecule has 1 N–H and O–H groups in total. The number of hydrogen-bond acceptors (Lipinski definition) is 5. The van der Waals surface area contributed by atoms with E-state index in [1.165, 1.54) is 7.11 Å². The molecule has 3 rings (SSSR count). The van der Waals surface area contributed by atoms with E-state index >= 15 is 0 Å². The van der Waals surface area contributed by atoms with Crippen LogP contribution in [0, 0.1) is 34.5 Å². The lowest BCUT2D eigenvalue weighted by Crippen LogP contribution is -2.52. The Bertz CT molecular complexity index is 580. The molecule has 1 heterocycles. The molecule has 3 aliphatic rings. The van der Waals surface area contributed by atoms with Crippen molar-refractivity contribution in [2.45, 2.75) is 51.4 Å². The number of aliphatic hydroxyl groups excluding tert-OH is 1. The summed E-state index contributed by atoms with van der Waals surface area (Å²) in [5, 5.41) is 20.0. The third-order valence-electron chi connectivity index (χ3n) is 5.99. The molecular weight excluding hydrogens is 282 g/mol. The first-order valence-electron chi connectivity index (χ1n) is 7.87. The van der Waals surface area contributed by atoms with E-state index in [9.17, 15) is 15.2 Å². The first-order chi connectivity index (χ1) is 10.3. The van der Waals surface area contributed by atoms with E-state index in [0.29, 0.717) is 12.8 Å². The number of rotatable bonds is 1. The average Bonchev–Trinajstić information content (AvgIpc) is 2.75. The van der Waals surface area contributed by atoms with Crippen LogP contribution in [0.1, 0.15) is 33.6 Å². The quantitative estimate of drug-likeness (QED) is 0.590. The molecule has 120 valence electrons. The second-order valence-electron chi connectivity index (χ2n) is 7.33. The van der Waals surface area contributed by atoms with Crippen LogP contribution in [-0.2, 0) is 14.3 Å². The molecule has 0 bridgehead atoms. The first kappa shape index (κ1) is 15.5. The molecule has 0 aromatic heterocycles. The third kappa shape index (κ3) is 1.80. The minimum atomic E-state index is -0.986. The van der Waals surface area contributed by atoms with Crippen LogP contribution >= 0.6 is 0 Å². The van der Waals surface area contributed by atoms with Gasteiger partial charge in [0.2, 0.25) is 0 Å². The molecule has 0 aromatic rings. The highest BCUT2D eigenvalue weighted by Gasteiger charge is 2.64. The highest BCUT2D eigenvalue weighted by atomic mass is 16.6. The van der Waals surface area contributed by atoms with Crippen molar-refractivity contribution in [3.05, 3.63) is 11.6 Å². The van der Waals surface area contributed by atoms with Crippen LogP contribution < -0.4 is 0 Å². The van der Waals surface area contributed by atoms with Crippen LogP contribution in [0.25, 0.3) is 0 Å². The molecule has 22 heavy (non-hydrogen) atoms. The Labute approximate surface area is 130 Å². The molecule has 0 spiro atoms. The van der Waals surface area contributed by atoms with E-state index in [0.717, 1.165) is 5.57 Å². The van der Waals surface area contributed by atoms with Crippen LogP contribution in [0.5, 0.6) is 0 Å². The van der Waals surface area contributed by atoms with Crippen molar-refractivity contribution in [2.24, 2.45) is 23.2 Å². The zero-order chi connectivity index (χ0) is 16.3. The number of aliphatic hydroxyl groups is 1. The maximum Gasteiger partial charge on any atom is 0.339 e. The normalized spacial score (nSPS) is 50.5. The van der Waals surface area contributed by atoms with Gasteiger partial charge in [0.1, 0.15) is 6.10 Å². The Balaban J connectivity index is 2.11. The van der Waals surface area contributed by atoms with Gasteiger partial charge in [0, 0.05) is 13.0 Å². The molecule has 1 aliphatic heterocycles. The predicted molar refractivity (Wildman–Crippen MR) is 78.5 cm³/mol. The maximum absolute atomic E-state index is 12.3. The second-order valence-corrected chi connectivity index (χ2v) is 7.33. The fourth-order valence-corrected chi connectivity index (χ4v) is 4.75. The summed E-state index contributed by atoms with van der Waals surface area (Å²) >= 11 is 0. The van der Waals surface area contributed by atoms with Gasteiger partial charge in [0.15, 0.2) is 5.60 Å². The van der Waals surface area contributed by atoms with E-state index in [4.69, 9.17) is 9.47 Å². The number of hydrogen-bond donors (Lipinski definition) is 1. The van der Waals surface area contributed by atoms with Gasteiger partial charge in [-0.3, -0.25) is 0 Å². The number of ether oxygens (including phenoxy) is 2. The van der Waals surface area contributed by atoms with Crippen molar-refractivity contribution in [3.63, 3.8) is 0 Å². The molecule has 0 radical (unpaired) electrons. The zero-order valence-corrected chi connectivity index (χ0v) is 13.5. The Morgan fingerprint density at radius 2 is 2.05 bits per heavy atom. The van der Waals surface area contributed by atoms with Gasteiger partial charge in [0.25, 0.3) is 0 Å². The summed E-state index contributed by atoms with van der Waals surface area (Å²) in [7, 11) is 1.52. The number of methoxy groups -OCH3 is 1. The second kappa shape index (κ2) is 4.81. The summed E-state index contributed by atoms with van der Waals surface area (Å²) in [5.41, 5.74) is -0.850. The minimum Gasteiger partial charge on any atom is -0.455 e. The fourth-order valence-electron chi connectivity index (χ4n) is 4.75. The van der Waals surface area contributed by atoms with E-state index < -0.39 is 23.2 Å². The average molecular weight is 305 g/mol. The number of nitriles is 1. The predicted octanol–water partition coefficient (Wildman–Crippen LogP) is 1.81. The molecule has 0 unspecified atom stereocenters. The molecule has 0 amide bonds. The van der Waals surface area contributed by atoms with Crippen LogP contribution in [0.3, 0.4) is 0 Å². The molecule has 2 fully saturated rings. The van der Waals surface area contributed by atoms with Gasteiger partial charge >= 0.3 is 5.97 Å². The Morgan fingerprint density at radius 3 is 2.64 bits per heavy atom. The summed E-state index contributed by atoms with van der Waals surface area (Å²) in [6, 6.07) is 2.46. The summed E-state index contributed by atoms with van der Waals surface area (Å²) in [6.45, 7) is 5.77. The van der Waals surface area contributed by atoms with Crippen molar-refractivity contribution in [3.8, 4) is 6.07 Å². The number of carbonyl (C=O) groups is 1. The Hall–Kier alpha value is -1.38. The lowest BCUT2D eigenvalue weighted by Gasteiger charge is -2.48. The SMILES string of the molecule is CO[C@@]1(C)C(=O)O[C@H]2C3=C[C@@H](O)[C@H](C)C[C@@]3(C#N)C[C@H](C)[C@H]21. The molecule has 1 saturated heterocycles. The van der Waals surface area contributed by atoms with Gasteiger partial charge in [-0.25, -0.2) is 4.79 Å². The first-order valence-corrected chi connectivity index (χ1v) is 7.87. The van der Waals surface area contributed by atoms with Crippen molar-refractivity contribution in [1.29, 1.82) is 5.26 Å². The molecule has 7 atom stereocenters. The van der Waals surface area contributed by atoms with Gasteiger partial charge in [-0.2, -0.15) is 5.26 Å². The van der Waals surface area contributed by atoms with E-state index in [-0.39, 0.29) is 23.7 Å². The zero-order valence-electron chi connectivity index (χ0n) is 13.5. The maximum atomic E-state index is 12.3. The summed E-state index contributed by atoms with van der Waals surface area (Å²) < 4.78 is 11.1. The molecule has 0 aromatic carbocycles. The standard InChI is InChI=1S/C17H23NO4/c1-9-6-17(8-18)7-10(2)13-14(11(17)5-12(9)19)22-15(20)16(13,3)21-4/h5,9-10,12-14,19H,6-7H2,1-4H3/t9-,10+,12-,13-,14+,16-,17+/m1/s1. The fraction of sp³-hybridized carbons (Fsp3) is 0.765. The molecule has 2 aliphatic carbocycles. The summed E-state index contributed by atoms with van der Waals surface area (Å²) in [5.74, 6) is -0.350. The summed E-state index contributed by atoms with van der Waals surface area (Å²) in [4.78, 5) is 12.3. The lowest BCUT2D eigenvalue weighted by molar-refractivity contribution is -0.156. The summed E-state index contributed by atoms with van der Waals surface area (Å²) in [6.07, 6.45) is 1.95. The molecule has 1 saturated carbocycles. The number of carbonyl (C=O) groups excluding carboxylic acids is 1. The Morgan fingerprint density at radius 1 is 1.41 bits per heavy atom. The number of nitrogens with zero attached hydrogens (tertiary/aromatic N) is 1. The van der Waals surface area contributed by atoms with Gasteiger partial charge in [-0.05, 0) is 37.2 Å². The molecule has 5 heteroatoms. The van der Waals surface area contributed by atoms with E-state index in [1.54, 1.807) is 13.0 Å². The van der Waals surface area contributed by atoms with E-state index in [1.807, 2.05) is 6.92 Å². The number of fused-ring (bicyclic) bond motifs is 3. The highest BCUT2D eigenvalue weighted by Crippen LogP contribution is 2.58. The minimum absolute atomic E-state index is 0.0260. The smallest absolute Gasteiger partial charge is 0.339 e. The van der Waals surface area contributed by atoms with Crippen molar-refractivity contribution in [1.82, 2.24) is 0 Å². The lowest BCUT2D eigenvalue weighted by atomic mass is 9.55. The molecular formula is C17H23NO4. The number of esters is 1. The monoisotopic (exact) mass is 305 g/mol. The van der Waals surface area contributed by atoms with Crippen LogP contribution in [0.4, 0.5) is 0 Å². The molecule has 5 nitrogen and oxygen atoms in total. The van der Waals surface area contributed by atoms with Gasteiger partial charge in [-0.1, -0.05) is 19.9 Å².